The lowest BCUT2D eigenvalue weighted by Gasteiger charge is -2.39. The lowest BCUT2D eigenvalue weighted by atomic mass is 10.0. The average Bonchev–Trinajstić information content (AvgIpc) is 3.12. The van der Waals surface area contributed by atoms with Gasteiger partial charge in [0.1, 0.15) is 0 Å². The van der Waals surface area contributed by atoms with Crippen LogP contribution in [0.2, 0.25) is 10.0 Å². The van der Waals surface area contributed by atoms with Crippen LogP contribution in [0.5, 0.6) is 0 Å². The van der Waals surface area contributed by atoms with Crippen molar-refractivity contribution in [2.45, 2.75) is 33.2 Å². The molecular formula is C27H30Cl2N4. The minimum Gasteiger partial charge on any atom is -0.369 e. The largest absolute Gasteiger partial charge is 0.369 e. The molecule has 1 aliphatic heterocycles. The highest BCUT2D eigenvalue weighted by molar-refractivity contribution is 6.37. The third-order valence-corrected chi connectivity index (χ3v) is 7.66. The molecule has 0 aliphatic carbocycles. The van der Waals surface area contributed by atoms with Crippen molar-refractivity contribution in [3.8, 4) is 6.07 Å². The SMILES string of the molecule is C=C(c1ccc(Cl)c(Cc2cc3c(C)cc(C#N)cc3n2C)c1Cl)N1CCN(C(C)C)CC1. The molecule has 2 aromatic carbocycles. The summed E-state index contributed by atoms with van der Waals surface area (Å²) in [5.74, 6) is 0. The van der Waals surface area contributed by atoms with E-state index in [-0.39, 0.29) is 0 Å². The molecule has 6 heteroatoms. The molecule has 2 heterocycles. The number of hydrogen-bond acceptors (Lipinski definition) is 3. The van der Waals surface area contributed by atoms with Crippen molar-refractivity contribution < 1.29 is 0 Å². The molecule has 3 aromatic rings. The molecule has 0 spiro atoms. The maximum atomic E-state index is 9.35. The van der Waals surface area contributed by atoms with Crippen molar-refractivity contribution in [2.24, 2.45) is 7.05 Å². The van der Waals surface area contributed by atoms with E-state index in [9.17, 15) is 5.26 Å². The first-order chi connectivity index (χ1) is 15.7. The Morgan fingerprint density at radius 1 is 1.12 bits per heavy atom. The second-order valence-corrected chi connectivity index (χ2v) is 9.95. The smallest absolute Gasteiger partial charge is 0.0992 e. The minimum atomic E-state index is 0.555. The Morgan fingerprint density at radius 3 is 2.45 bits per heavy atom. The Balaban J connectivity index is 1.65. The first-order valence-electron chi connectivity index (χ1n) is 11.4. The topological polar surface area (TPSA) is 35.2 Å². The zero-order valence-corrected chi connectivity index (χ0v) is 21.3. The van der Waals surface area contributed by atoms with Gasteiger partial charge in [-0.15, -0.1) is 0 Å². The van der Waals surface area contributed by atoms with E-state index in [0.717, 1.165) is 65.2 Å². The van der Waals surface area contributed by atoms with Gasteiger partial charge < -0.3 is 9.47 Å². The summed E-state index contributed by atoms with van der Waals surface area (Å²) >= 11 is 13.6. The first kappa shape index (κ1) is 23.7. The van der Waals surface area contributed by atoms with Gasteiger partial charge in [0.2, 0.25) is 0 Å². The van der Waals surface area contributed by atoms with Gasteiger partial charge in [-0.2, -0.15) is 5.26 Å². The number of benzene rings is 2. The number of halogens is 2. The maximum absolute atomic E-state index is 9.35. The van der Waals surface area contributed by atoms with Crippen LogP contribution in [0, 0.1) is 18.3 Å². The third kappa shape index (κ3) is 4.51. The predicted octanol–water partition coefficient (Wildman–Crippen LogP) is 6.25. The number of fused-ring (bicyclic) bond motifs is 1. The summed E-state index contributed by atoms with van der Waals surface area (Å²) in [5, 5.41) is 11.8. The summed E-state index contributed by atoms with van der Waals surface area (Å²) in [6.07, 6.45) is 0.604. The number of rotatable bonds is 5. The van der Waals surface area contributed by atoms with Gasteiger partial charge in [-0.1, -0.05) is 29.8 Å². The van der Waals surface area contributed by atoms with E-state index in [1.165, 1.54) is 0 Å². The van der Waals surface area contributed by atoms with Crippen LogP contribution in [0.3, 0.4) is 0 Å². The summed E-state index contributed by atoms with van der Waals surface area (Å²) in [6.45, 7) is 14.8. The summed E-state index contributed by atoms with van der Waals surface area (Å²) in [4.78, 5) is 4.81. The van der Waals surface area contributed by atoms with Crippen molar-refractivity contribution in [3.05, 3.63) is 74.9 Å². The lowest BCUT2D eigenvalue weighted by Crippen LogP contribution is -2.47. The molecule has 0 amide bonds. The number of aryl methyl sites for hydroxylation is 2. The third-order valence-electron chi connectivity index (χ3n) is 6.88. The molecule has 4 rings (SSSR count). The highest BCUT2D eigenvalue weighted by Crippen LogP contribution is 2.36. The second-order valence-electron chi connectivity index (χ2n) is 9.16. The predicted molar refractivity (Wildman–Crippen MR) is 139 cm³/mol. The van der Waals surface area contributed by atoms with Crippen molar-refractivity contribution in [2.75, 3.05) is 26.2 Å². The van der Waals surface area contributed by atoms with Crippen LogP contribution in [-0.4, -0.2) is 46.6 Å². The average molecular weight is 481 g/mol. The van der Waals surface area contributed by atoms with E-state index in [4.69, 9.17) is 23.2 Å². The molecule has 1 aromatic heterocycles. The van der Waals surface area contributed by atoms with E-state index in [0.29, 0.717) is 28.1 Å². The van der Waals surface area contributed by atoms with Crippen LogP contribution in [0.1, 0.15) is 41.8 Å². The molecule has 33 heavy (non-hydrogen) atoms. The van der Waals surface area contributed by atoms with Gasteiger partial charge >= 0.3 is 0 Å². The number of nitriles is 1. The first-order valence-corrected chi connectivity index (χ1v) is 12.1. The molecule has 0 atom stereocenters. The Kier molecular flexibility index (Phi) is 6.77. The molecule has 0 saturated carbocycles. The van der Waals surface area contributed by atoms with Crippen molar-refractivity contribution >= 4 is 39.8 Å². The molecule has 0 N–H and O–H groups in total. The molecule has 1 fully saturated rings. The van der Waals surface area contributed by atoms with Gasteiger partial charge in [0.05, 0.1) is 16.7 Å². The molecule has 0 bridgehead atoms. The fourth-order valence-electron chi connectivity index (χ4n) is 4.74. The fraction of sp³-hybridized carbons (Fsp3) is 0.370. The fourth-order valence-corrected chi connectivity index (χ4v) is 5.35. The second kappa shape index (κ2) is 9.43. The van der Waals surface area contributed by atoms with E-state index in [1.807, 2.05) is 38.2 Å². The van der Waals surface area contributed by atoms with Crippen molar-refractivity contribution in [3.63, 3.8) is 0 Å². The van der Waals surface area contributed by atoms with Gasteiger partial charge in [0.15, 0.2) is 0 Å². The van der Waals surface area contributed by atoms with Crippen molar-refractivity contribution in [1.29, 1.82) is 5.26 Å². The minimum absolute atomic E-state index is 0.555. The zero-order valence-electron chi connectivity index (χ0n) is 19.8. The molecular weight excluding hydrogens is 451 g/mol. The Morgan fingerprint density at radius 2 is 1.82 bits per heavy atom. The number of hydrogen-bond donors (Lipinski definition) is 0. The molecule has 4 nitrogen and oxygen atoms in total. The van der Waals surface area contributed by atoms with E-state index in [2.05, 4.69) is 46.9 Å². The van der Waals surface area contributed by atoms with Crippen LogP contribution in [0.25, 0.3) is 16.6 Å². The van der Waals surface area contributed by atoms with Crippen LogP contribution < -0.4 is 0 Å². The number of aromatic nitrogens is 1. The summed E-state index contributed by atoms with van der Waals surface area (Å²) in [6, 6.07) is 12.7. The van der Waals surface area contributed by atoms with Gasteiger partial charge in [0.25, 0.3) is 0 Å². The highest BCUT2D eigenvalue weighted by atomic mass is 35.5. The summed E-state index contributed by atoms with van der Waals surface area (Å²) < 4.78 is 2.13. The standard InChI is InChI=1S/C27H30Cl2N4/c1-17(2)32-8-10-33(11-9-32)19(4)22-6-7-25(28)24(27(22)29)15-21-14-23-18(3)12-20(16-30)13-26(23)31(21)5/h6-7,12-14,17H,4,8-11,15H2,1-3,5H3. The van der Waals surface area contributed by atoms with Gasteiger partial charge in [-0.05, 0) is 62.2 Å². The highest BCUT2D eigenvalue weighted by Gasteiger charge is 2.23. The molecule has 1 saturated heterocycles. The van der Waals surface area contributed by atoms with Crippen LogP contribution in [0.4, 0.5) is 0 Å². The Hall–Kier alpha value is -2.45. The van der Waals surface area contributed by atoms with Gasteiger partial charge in [0, 0.05) is 78.6 Å². The van der Waals surface area contributed by atoms with Crippen molar-refractivity contribution in [1.82, 2.24) is 14.4 Å². The van der Waals surface area contributed by atoms with Crippen LogP contribution in [-0.2, 0) is 13.5 Å². The normalized spacial score (nSPS) is 14.8. The van der Waals surface area contributed by atoms with E-state index < -0.39 is 0 Å². The Labute approximate surface area is 206 Å². The monoisotopic (exact) mass is 480 g/mol. The summed E-state index contributed by atoms with van der Waals surface area (Å²) in [7, 11) is 2.02. The summed E-state index contributed by atoms with van der Waals surface area (Å²) in [5.41, 5.74) is 6.69. The molecule has 0 unspecified atom stereocenters. The number of piperazine rings is 1. The number of nitrogens with zero attached hydrogens (tertiary/aromatic N) is 4. The van der Waals surface area contributed by atoms with Gasteiger partial charge in [-0.25, -0.2) is 0 Å². The Bertz CT molecular complexity index is 1260. The lowest BCUT2D eigenvalue weighted by molar-refractivity contribution is 0.144. The zero-order chi connectivity index (χ0) is 23.9. The van der Waals surface area contributed by atoms with Gasteiger partial charge in [-0.3, -0.25) is 4.90 Å². The van der Waals surface area contributed by atoms with E-state index in [1.54, 1.807) is 0 Å². The quantitative estimate of drug-likeness (QED) is 0.432. The maximum Gasteiger partial charge on any atom is 0.0992 e. The molecule has 1 aliphatic rings. The van der Waals surface area contributed by atoms with Crippen LogP contribution in [0.15, 0.2) is 36.9 Å². The van der Waals surface area contributed by atoms with Crippen LogP contribution >= 0.6 is 23.2 Å². The molecule has 172 valence electrons. The van der Waals surface area contributed by atoms with E-state index >= 15 is 0 Å². The molecule has 0 radical (unpaired) electrons.